The Kier molecular flexibility index (Phi) is 2.79. The molecular weight excluding hydrogens is 186 g/mol. The van der Waals surface area contributed by atoms with Gasteiger partial charge in [-0.3, -0.25) is 4.79 Å². The van der Waals surface area contributed by atoms with Crippen LogP contribution in [0.5, 0.6) is 0 Å². The van der Waals surface area contributed by atoms with Gasteiger partial charge in [0.1, 0.15) is 6.04 Å². The summed E-state index contributed by atoms with van der Waals surface area (Å²) in [7, 11) is 0. The van der Waals surface area contributed by atoms with Gasteiger partial charge in [0.15, 0.2) is 0 Å². The first kappa shape index (κ1) is 9.34. The maximum Gasteiger partial charge on any atom is 0.323 e. The van der Waals surface area contributed by atoms with Crippen molar-refractivity contribution in [1.82, 2.24) is 5.32 Å². The van der Waals surface area contributed by atoms with Crippen molar-refractivity contribution in [2.45, 2.75) is 25.4 Å². The van der Waals surface area contributed by atoms with Crippen molar-refractivity contribution >= 4 is 17.7 Å². The lowest BCUT2D eigenvalue weighted by atomic mass is 10.0. The monoisotopic (exact) mass is 201 g/mol. The van der Waals surface area contributed by atoms with Crippen molar-refractivity contribution in [3.05, 3.63) is 0 Å². The highest BCUT2D eigenvalue weighted by Crippen LogP contribution is 2.33. The second-order valence-corrected chi connectivity index (χ2v) is 4.69. The van der Waals surface area contributed by atoms with Crippen LogP contribution in [0.15, 0.2) is 0 Å². The van der Waals surface area contributed by atoms with Gasteiger partial charge < -0.3 is 10.1 Å². The first-order valence-electron chi connectivity index (χ1n) is 4.81. The third-order valence-electron chi connectivity index (χ3n) is 2.72. The fourth-order valence-corrected chi connectivity index (χ4v) is 3.48. The van der Waals surface area contributed by atoms with Crippen LogP contribution >= 0.6 is 11.8 Å². The Hall–Kier alpha value is -0.220. The summed E-state index contributed by atoms with van der Waals surface area (Å²) in [6, 6.07) is 0.523. The van der Waals surface area contributed by atoms with Crippen molar-refractivity contribution < 1.29 is 9.53 Å². The minimum Gasteiger partial charge on any atom is -0.465 e. The quantitative estimate of drug-likeness (QED) is 0.666. The van der Waals surface area contributed by atoms with Crippen LogP contribution in [0.1, 0.15) is 13.3 Å². The number of hydrogen-bond acceptors (Lipinski definition) is 4. The molecule has 0 amide bonds. The number of esters is 1. The third-order valence-corrected chi connectivity index (χ3v) is 3.98. The highest BCUT2D eigenvalue weighted by Gasteiger charge is 2.40. The molecule has 2 rings (SSSR count). The lowest BCUT2D eigenvalue weighted by Gasteiger charge is -2.10. The molecule has 0 aliphatic carbocycles. The average molecular weight is 201 g/mol. The van der Waals surface area contributed by atoms with E-state index in [1.807, 2.05) is 18.7 Å². The zero-order chi connectivity index (χ0) is 9.26. The van der Waals surface area contributed by atoms with Gasteiger partial charge in [-0.05, 0) is 25.0 Å². The first-order chi connectivity index (χ1) is 6.31. The summed E-state index contributed by atoms with van der Waals surface area (Å²) in [6.07, 6.45) is 0.969. The molecule has 0 aromatic carbocycles. The molecule has 3 atom stereocenters. The van der Waals surface area contributed by atoms with Crippen LogP contribution in [0, 0.1) is 5.92 Å². The molecule has 3 unspecified atom stereocenters. The van der Waals surface area contributed by atoms with Crippen LogP contribution < -0.4 is 5.32 Å². The number of rotatable bonds is 2. The van der Waals surface area contributed by atoms with Gasteiger partial charge >= 0.3 is 5.97 Å². The Morgan fingerprint density at radius 3 is 3.15 bits per heavy atom. The SMILES string of the molecule is CCOC(=O)C1CC2CSCC2N1. The van der Waals surface area contributed by atoms with Crippen molar-refractivity contribution in [1.29, 1.82) is 0 Å². The predicted octanol–water partition coefficient (Wildman–Crippen LogP) is 0.643. The Bertz CT molecular complexity index is 198. The molecule has 2 fully saturated rings. The van der Waals surface area contributed by atoms with E-state index in [0.29, 0.717) is 18.6 Å². The predicted molar refractivity (Wildman–Crippen MR) is 52.8 cm³/mol. The first-order valence-corrected chi connectivity index (χ1v) is 5.97. The number of ether oxygens (including phenoxy) is 1. The van der Waals surface area contributed by atoms with Gasteiger partial charge in [-0.25, -0.2) is 0 Å². The van der Waals surface area contributed by atoms with Crippen LogP contribution in [0.2, 0.25) is 0 Å². The second-order valence-electron chi connectivity index (χ2n) is 3.61. The van der Waals surface area contributed by atoms with E-state index in [-0.39, 0.29) is 12.0 Å². The van der Waals surface area contributed by atoms with Crippen molar-refractivity contribution in [3.8, 4) is 0 Å². The summed E-state index contributed by atoms with van der Waals surface area (Å²) in [6.45, 7) is 2.34. The largest absolute Gasteiger partial charge is 0.465 e. The number of fused-ring (bicyclic) bond motifs is 1. The van der Waals surface area contributed by atoms with E-state index in [1.54, 1.807) is 0 Å². The molecule has 0 aromatic heterocycles. The Labute approximate surface area is 82.6 Å². The van der Waals surface area contributed by atoms with Gasteiger partial charge in [0.2, 0.25) is 0 Å². The van der Waals surface area contributed by atoms with Crippen LogP contribution in [-0.4, -0.2) is 36.2 Å². The molecule has 4 heteroatoms. The molecule has 0 bridgehead atoms. The van der Waals surface area contributed by atoms with E-state index in [1.165, 1.54) is 5.75 Å². The molecule has 2 saturated heterocycles. The minimum atomic E-state index is -0.0677. The maximum absolute atomic E-state index is 11.4. The normalized spacial score (nSPS) is 37.5. The van der Waals surface area contributed by atoms with Crippen LogP contribution in [0.3, 0.4) is 0 Å². The van der Waals surface area contributed by atoms with E-state index in [2.05, 4.69) is 5.32 Å². The molecule has 2 aliphatic heterocycles. The number of carbonyl (C=O) groups is 1. The Morgan fingerprint density at radius 2 is 2.46 bits per heavy atom. The fraction of sp³-hybridized carbons (Fsp3) is 0.889. The summed E-state index contributed by atoms with van der Waals surface area (Å²) in [5.74, 6) is 2.98. The van der Waals surface area contributed by atoms with E-state index < -0.39 is 0 Å². The zero-order valence-electron chi connectivity index (χ0n) is 7.79. The minimum absolute atomic E-state index is 0.0316. The lowest BCUT2D eigenvalue weighted by Crippen LogP contribution is -2.37. The van der Waals surface area contributed by atoms with E-state index >= 15 is 0 Å². The highest BCUT2D eigenvalue weighted by atomic mass is 32.2. The Balaban J connectivity index is 1.87. The van der Waals surface area contributed by atoms with Crippen LogP contribution in [-0.2, 0) is 9.53 Å². The van der Waals surface area contributed by atoms with E-state index in [4.69, 9.17) is 4.74 Å². The lowest BCUT2D eigenvalue weighted by molar-refractivity contribution is -0.145. The van der Waals surface area contributed by atoms with Crippen molar-refractivity contribution in [2.75, 3.05) is 18.1 Å². The molecule has 0 radical (unpaired) electrons. The van der Waals surface area contributed by atoms with Crippen LogP contribution in [0.4, 0.5) is 0 Å². The number of thioether (sulfide) groups is 1. The molecule has 2 aliphatic rings. The van der Waals surface area contributed by atoms with Crippen molar-refractivity contribution in [3.63, 3.8) is 0 Å². The van der Waals surface area contributed by atoms with Gasteiger partial charge in [-0.2, -0.15) is 11.8 Å². The average Bonchev–Trinajstić information content (AvgIpc) is 2.61. The van der Waals surface area contributed by atoms with Crippen molar-refractivity contribution in [2.24, 2.45) is 5.92 Å². The summed E-state index contributed by atoms with van der Waals surface area (Å²) >= 11 is 1.98. The number of carbonyl (C=O) groups excluding carboxylic acids is 1. The topological polar surface area (TPSA) is 38.3 Å². The molecule has 0 spiro atoms. The number of nitrogens with one attached hydrogen (secondary N) is 1. The molecule has 3 nitrogen and oxygen atoms in total. The second kappa shape index (κ2) is 3.88. The summed E-state index contributed by atoms with van der Waals surface area (Å²) in [4.78, 5) is 11.4. The van der Waals surface area contributed by atoms with Crippen LogP contribution in [0.25, 0.3) is 0 Å². The molecule has 0 saturated carbocycles. The smallest absolute Gasteiger partial charge is 0.323 e. The van der Waals surface area contributed by atoms with E-state index in [0.717, 1.165) is 12.2 Å². The fourth-order valence-electron chi connectivity index (χ4n) is 2.05. The third kappa shape index (κ3) is 1.83. The summed E-state index contributed by atoms with van der Waals surface area (Å²) in [5.41, 5.74) is 0. The Morgan fingerprint density at radius 1 is 1.62 bits per heavy atom. The summed E-state index contributed by atoms with van der Waals surface area (Å²) < 4.78 is 4.98. The molecule has 74 valence electrons. The number of hydrogen-bond donors (Lipinski definition) is 1. The molecule has 13 heavy (non-hydrogen) atoms. The maximum atomic E-state index is 11.4. The molecule has 2 heterocycles. The molecule has 1 N–H and O–H groups in total. The standard InChI is InChI=1S/C9H15NO2S/c1-2-12-9(11)7-3-6-4-13-5-8(6)10-7/h6-8,10H,2-5H2,1H3. The van der Waals surface area contributed by atoms with Gasteiger partial charge in [0.25, 0.3) is 0 Å². The van der Waals surface area contributed by atoms with E-state index in [9.17, 15) is 4.79 Å². The van der Waals surface area contributed by atoms with Gasteiger partial charge in [0.05, 0.1) is 6.61 Å². The summed E-state index contributed by atoms with van der Waals surface area (Å²) in [5, 5.41) is 3.34. The molecular formula is C9H15NO2S. The van der Waals surface area contributed by atoms with Gasteiger partial charge in [-0.15, -0.1) is 0 Å². The molecule has 0 aromatic rings. The highest BCUT2D eigenvalue weighted by molar-refractivity contribution is 7.99. The zero-order valence-corrected chi connectivity index (χ0v) is 8.60. The van der Waals surface area contributed by atoms with Gasteiger partial charge in [0, 0.05) is 11.8 Å². The van der Waals surface area contributed by atoms with Gasteiger partial charge in [-0.1, -0.05) is 0 Å².